The van der Waals surface area contributed by atoms with Crippen LogP contribution in [0.3, 0.4) is 0 Å². The predicted octanol–water partition coefficient (Wildman–Crippen LogP) is 6.09. The maximum Gasteiger partial charge on any atom is 0.127 e. The predicted molar refractivity (Wildman–Crippen MR) is 85.0 cm³/mol. The highest BCUT2D eigenvalue weighted by Gasteiger charge is 2.38. The van der Waals surface area contributed by atoms with E-state index in [2.05, 4.69) is 20.8 Å². The maximum absolute atomic E-state index is 14.0. The van der Waals surface area contributed by atoms with Crippen molar-refractivity contribution in [2.24, 2.45) is 17.3 Å². The van der Waals surface area contributed by atoms with Gasteiger partial charge in [0.2, 0.25) is 0 Å². The van der Waals surface area contributed by atoms with Gasteiger partial charge in [-0.2, -0.15) is 0 Å². The van der Waals surface area contributed by atoms with Crippen LogP contribution >= 0.6 is 23.2 Å². The Labute approximate surface area is 131 Å². The Balaban J connectivity index is 2.18. The molecule has 0 aromatic heterocycles. The molecule has 1 aromatic rings. The molecule has 1 aromatic carbocycles. The van der Waals surface area contributed by atoms with Crippen LogP contribution in [-0.4, -0.2) is 5.38 Å². The van der Waals surface area contributed by atoms with E-state index in [9.17, 15) is 4.39 Å². The lowest BCUT2D eigenvalue weighted by Crippen LogP contribution is -2.37. The molecule has 20 heavy (non-hydrogen) atoms. The SMILES string of the molecule is CC1CCC(C(C)(C)Cc2c(F)cccc2Cl)C(Cl)C1. The molecule has 1 saturated carbocycles. The lowest BCUT2D eigenvalue weighted by Gasteiger charge is -2.42. The maximum atomic E-state index is 14.0. The van der Waals surface area contributed by atoms with Gasteiger partial charge >= 0.3 is 0 Å². The van der Waals surface area contributed by atoms with Gasteiger partial charge in [-0.1, -0.05) is 44.9 Å². The van der Waals surface area contributed by atoms with Gasteiger partial charge in [0.15, 0.2) is 0 Å². The Kier molecular flexibility index (Phi) is 5.02. The molecule has 0 radical (unpaired) electrons. The number of benzene rings is 1. The van der Waals surface area contributed by atoms with Crippen LogP contribution in [0.15, 0.2) is 18.2 Å². The molecule has 0 bridgehead atoms. The first-order chi connectivity index (χ1) is 9.31. The summed E-state index contributed by atoms with van der Waals surface area (Å²) in [6.07, 6.45) is 4.03. The summed E-state index contributed by atoms with van der Waals surface area (Å²) in [5, 5.41) is 0.702. The molecule has 0 aliphatic heterocycles. The Bertz CT molecular complexity index is 450. The second kappa shape index (κ2) is 6.23. The van der Waals surface area contributed by atoms with Crippen molar-refractivity contribution < 1.29 is 4.39 Å². The second-order valence-electron chi connectivity index (χ2n) is 6.91. The molecule has 1 fully saturated rings. The fourth-order valence-electron chi connectivity index (χ4n) is 3.48. The van der Waals surface area contributed by atoms with Gasteiger partial charge in [-0.05, 0) is 48.6 Å². The highest BCUT2D eigenvalue weighted by atomic mass is 35.5. The fourth-order valence-corrected chi connectivity index (χ4v) is 4.48. The molecule has 3 unspecified atom stereocenters. The van der Waals surface area contributed by atoms with Gasteiger partial charge in [0, 0.05) is 16.0 Å². The first-order valence-electron chi connectivity index (χ1n) is 7.38. The molecule has 0 N–H and O–H groups in total. The van der Waals surface area contributed by atoms with Crippen molar-refractivity contribution in [2.75, 3.05) is 0 Å². The summed E-state index contributed by atoms with van der Waals surface area (Å²) >= 11 is 12.7. The van der Waals surface area contributed by atoms with Crippen molar-refractivity contribution in [1.82, 2.24) is 0 Å². The quantitative estimate of drug-likeness (QED) is 0.592. The molecular weight excluding hydrogens is 294 g/mol. The topological polar surface area (TPSA) is 0 Å². The first-order valence-corrected chi connectivity index (χ1v) is 8.19. The van der Waals surface area contributed by atoms with Gasteiger partial charge in [-0.15, -0.1) is 11.6 Å². The highest BCUT2D eigenvalue weighted by molar-refractivity contribution is 6.31. The summed E-state index contributed by atoms with van der Waals surface area (Å²) in [6.45, 7) is 6.63. The molecule has 0 amide bonds. The van der Waals surface area contributed by atoms with Gasteiger partial charge in [0.25, 0.3) is 0 Å². The molecule has 3 atom stereocenters. The van der Waals surface area contributed by atoms with Crippen molar-refractivity contribution in [1.29, 1.82) is 0 Å². The van der Waals surface area contributed by atoms with Crippen molar-refractivity contribution in [3.8, 4) is 0 Å². The normalized spacial score (nSPS) is 27.6. The molecule has 3 heteroatoms. The van der Waals surface area contributed by atoms with Crippen LogP contribution in [0.2, 0.25) is 5.02 Å². The van der Waals surface area contributed by atoms with E-state index in [0.29, 0.717) is 28.8 Å². The zero-order valence-corrected chi connectivity index (χ0v) is 13.9. The number of rotatable bonds is 3. The number of halogens is 3. The third-order valence-corrected chi connectivity index (χ3v) is 5.57. The second-order valence-corrected chi connectivity index (χ2v) is 7.87. The van der Waals surface area contributed by atoms with Crippen molar-refractivity contribution in [3.05, 3.63) is 34.6 Å². The van der Waals surface area contributed by atoms with E-state index in [4.69, 9.17) is 23.2 Å². The van der Waals surface area contributed by atoms with Crippen LogP contribution in [-0.2, 0) is 6.42 Å². The standard InChI is InChI=1S/C17H23Cl2F/c1-11-7-8-13(15(19)9-11)17(2,3)10-12-14(18)5-4-6-16(12)20/h4-6,11,13,15H,7-10H2,1-3H3. The summed E-state index contributed by atoms with van der Waals surface area (Å²) in [6, 6.07) is 4.90. The average Bonchev–Trinajstić information content (AvgIpc) is 2.33. The summed E-state index contributed by atoms with van der Waals surface area (Å²) in [7, 11) is 0. The lowest BCUT2D eigenvalue weighted by molar-refractivity contribution is 0.141. The van der Waals surface area contributed by atoms with Crippen LogP contribution in [0.25, 0.3) is 0 Å². The largest absolute Gasteiger partial charge is 0.207 e. The molecular formula is C17H23Cl2F. The minimum atomic E-state index is -0.208. The van der Waals surface area contributed by atoms with E-state index in [1.54, 1.807) is 12.1 Å². The molecule has 1 aliphatic carbocycles. The third kappa shape index (κ3) is 3.49. The summed E-state index contributed by atoms with van der Waals surface area (Å²) in [5.41, 5.74) is 0.583. The van der Waals surface area contributed by atoms with Gasteiger partial charge in [-0.3, -0.25) is 0 Å². The van der Waals surface area contributed by atoms with E-state index in [-0.39, 0.29) is 16.6 Å². The van der Waals surface area contributed by atoms with Crippen LogP contribution in [0, 0.1) is 23.1 Å². The Hall–Kier alpha value is -0.270. The molecule has 112 valence electrons. The van der Waals surface area contributed by atoms with E-state index >= 15 is 0 Å². The van der Waals surface area contributed by atoms with E-state index in [1.807, 2.05) is 0 Å². The lowest BCUT2D eigenvalue weighted by atomic mass is 9.66. The Morgan fingerprint density at radius 2 is 2.00 bits per heavy atom. The van der Waals surface area contributed by atoms with Crippen molar-refractivity contribution in [2.45, 2.75) is 51.8 Å². The van der Waals surface area contributed by atoms with Crippen LogP contribution < -0.4 is 0 Å². The Morgan fingerprint density at radius 1 is 1.30 bits per heavy atom. The summed E-state index contributed by atoms with van der Waals surface area (Å²) < 4.78 is 14.0. The molecule has 0 spiro atoms. The smallest absolute Gasteiger partial charge is 0.127 e. The summed E-state index contributed by atoms with van der Waals surface area (Å²) in [4.78, 5) is 0. The van der Waals surface area contributed by atoms with Crippen LogP contribution in [0.4, 0.5) is 4.39 Å². The zero-order chi connectivity index (χ0) is 14.9. The van der Waals surface area contributed by atoms with Gasteiger partial charge < -0.3 is 0 Å². The van der Waals surface area contributed by atoms with Crippen molar-refractivity contribution in [3.63, 3.8) is 0 Å². The highest BCUT2D eigenvalue weighted by Crippen LogP contribution is 2.45. The molecule has 0 nitrogen and oxygen atoms in total. The minimum absolute atomic E-state index is 0.0433. The van der Waals surface area contributed by atoms with E-state index < -0.39 is 0 Å². The number of alkyl halides is 1. The van der Waals surface area contributed by atoms with Crippen LogP contribution in [0.1, 0.15) is 45.6 Å². The third-order valence-electron chi connectivity index (χ3n) is 4.73. The Morgan fingerprint density at radius 3 is 2.60 bits per heavy atom. The summed E-state index contributed by atoms with van der Waals surface area (Å²) in [5.74, 6) is 0.901. The monoisotopic (exact) mass is 316 g/mol. The van der Waals surface area contributed by atoms with E-state index in [0.717, 1.165) is 12.8 Å². The fraction of sp³-hybridized carbons (Fsp3) is 0.647. The van der Waals surface area contributed by atoms with Gasteiger partial charge in [-0.25, -0.2) is 4.39 Å². The molecule has 0 heterocycles. The minimum Gasteiger partial charge on any atom is -0.207 e. The first kappa shape index (κ1) is 16.1. The zero-order valence-electron chi connectivity index (χ0n) is 12.4. The molecule has 2 rings (SSSR count). The number of hydrogen-bond donors (Lipinski definition) is 0. The van der Waals surface area contributed by atoms with Crippen molar-refractivity contribution >= 4 is 23.2 Å². The van der Waals surface area contributed by atoms with Gasteiger partial charge in [0.05, 0.1) is 0 Å². The number of hydrogen-bond acceptors (Lipinski definition) is 0. The molecule has 1 aliphatic rings. The van der Waals surface area contributed by atoms with Crippen LogP contribution in [0.5, 0.6) is 0 Å². The average molecular weight is 317 g/mol. The molecule has 0 saturated heterocycles. The van der Waals surface area contributed by atoms with Gasteiger partial charge in [0.1, 0.15) is 5.82 Å². The van der Waals surface area contributed by atoms with E-state index in [1.165, 1.54) is 12.5 Å².